The van der Waals surface area contributed by atoms with E-state index in [1.807, 2.05) is 36.4 Å². The number of halogens is 1. The molecule has 31 heavy (non-hydrogen) atoms. The lowest BCUT2D eigenvalue weighted by atomic mass is 9.93. The molecule has 0 bridgehead atoms. The van der Waals surface area contributed by atoms with Crippen LogP contribution in [0.2, 0.25) is 5.02 Å². The Labute approximate surface area is 187 Å². The fourth-order valence-corrected chi connectivity index (χ4v) is 4.11. The predicted octanol–water partition coefficient (Wildman–Crippen LogP) is 4.42. The first kappa shape index (κ1) is 21.6. The molecule has 8 heteroatoms. The first-order chi connectivity index (χ1) is 15.1. The van der Waals surface area contributed by atoms with E-state index in [4.69, 9.17) is 25.8 Å². The van der Waals surface area contributed by atoms with Crippen molar-refractivity contribution in [1.29, 1.82) is 0 Å². The summed E-state index contributed by atoms with van der Waals surface area (Å²) >= 11 is 6.47. The van der Waals surface area contributed by atoms with Crippen LogP contribution in [-0.2, 0) is 4.74 Å². The number of nitrogens with zero attached hydrogens (tertiary/aromatic N) is 3. The topological polar surface area (TPSA) is 68.7 Å². The van der Waals surface area contributed by atoms with Crippen molar-refractivity contribution < 1.29 is 14.2 Å². The summed E-state index contributed by atoms with van der Waals surface area (Å²) in [5.74, 6) is 1.67. The maximum absolute atomic E-state index is 6.48. The fourth-order valence-electron chi connectivity index (χ4n) is 3.93. The van der Waals surface area contributed by atoms with Gasteiger partial charge in [0.25, 0.3) is 0 Å². The van der Waals surface area contributed by atoms with E-state index in [0.717, 1.165) is 47.5 Å². The number of methoxy groups -OCH3 is 2. The number of anilines is 1. The summed E-state index contributed by atoms with van der Waals surface area (Å²) < 4.78 is 17.5. The van der Waals surface area contributed by atoms with E-state index >= 15 is 0 Å². The van der Waals surface area contributed by atoms with Crippen LogP contribution in [0.5, 0.6) is 11.5 Å². The molecule has 7 nitrogen and oxygen atoms in total. The minimum atomic E-state index is -0.310. The quantitative estimate of drug-likeness (QED) is 0.543. The lowest BCUT2D eigenvalue weighted by molar-refractivity contribution is -0.0708. The highest BCUT2D eigenvalue weighted by Crippen LogP contribution is 2.33. The van der Waals surface area contributed by atoms with Crippen LogP contribution in [0.4, 0.5) is 5.69 Å². The third-order valence-electron chi connectivity index (χ3n) is 5.76. The van der Waals surface area contributed by atoms with Crippen molar-refractivity contribution in [2.45, 2.75) is 25.3 Å². The van der Waals surface area contributed by atoms with Gasteiger partial charge in [-0.25, -0.2) is 9.97 Å². The second kappa shape index (κ2) is 9.68. The number of fused-ring (bicyclic) bond motifs is 1. The number of aromatic nitrogens is 2. The van der Waals surface area contributed by atoms with Crippen molar-refractivity contribution in [3.8, 4) is 11.5 Å². The minimum absolute atomic E-state index is 0.0387. The SMILES string of the molecule is COc1ccc(Cl)c(NC(Oc2ccc3cncnc3c2)C2CCN(C)C(OC)C2)c1. The Bertz CT molecular complexity index is 1030. The molecule has 1 aliphatic rings. The third-order valence-corrected chi connectivity index (χ3v) is 6.09. The molecular formula is C23H27ClN4O3. The average Bonchev–Trinajstić information content (AvgIpc) is 2.80. The third kappa shape index (κ3) is 5.01. The summed E-state index contributed by atoms with van der Waals surface area (Å²) in [7, 11) is 5.46. The predicted molar refractivity (Wildman–Crippen MR) is 122 cm³/mol. The van der Waals surface area contributed by atoms with Crippen molar-refractivity contribution >= 4 is 28.2 Å². The summed E-state index contributed by atoms with van der Waals surface area (Å²) in [6.07, 6.45) is 4.86. The molecule has 0 saturated carbocycles. The average molecular weight is 443 g/mol. The molecule has 1 aliphatic heterocycles. The number of ether oxygens (including phenoxy) is 3. The van der Waals surface area contributed by atoms with Gasteiger partial charge >= 0.3 is 0 Å². The number of hydrogen-bond acceptors (Lipinski definition) is 7. The van der Waals surface area contributed by atoms with E-state index < -0.39 is 0 Å². The van der Waals surface area contributed by atoms with E-state index in [0.29, 0.717) is 5.02 Å². The second-order valence-electron chi connectivity index (χ2n) is 7.73. The molecule has 0 spiro atoms. The van der Waals surface area contributed by atoms with E-state index in [1.165, 1.54) is 6.33 Å². The first-order valence-electron chi connectivity index (χ1n) is 10.3. The fraction of sp³-hybridized carbons (Fsp3) is 0.391. The second-order valence-corrected chi connectivity index (χ2v) is 8.13. The van der Waals surface area contributed by atoms with Crippen LogP contribution in [0.3, 0.4) is 0 Å². The number of hydrogen-bond donors (Lipinski definition) is 1. The highest BCUT2D eigenvalue weighted by molar-refractivity contribution is 6.33. The summed E-state index contributed by atoms with van der Waals surface area (Å²) in [4.78, 5) is 10.6. The Morgan fingerprint density at radius 3 is 2.81 bits per heavy atom. The van der Waals surface area contributed by atoms with Crippen molar-refractivity contribution in [2.75, 3.05) is 33.1 Å². The number of nitrogens with one attached hydrogen (secondary N) is 1. The Hall–Kier alpha value is -2.61. The van der Waals surface area contributed by atoms with Crippen LogP contribution in [0.25, 0.3) is 10.9 Å². The van der Waals surface area contributed by atoms with Crippen LogP contribution in [0.15, 0.2) is 48.9 Å². The van der Waals surface area contributed by atoms with Gasteiger partial charge in [0.1, 0.15) is 24.1 Å². The van der Waals surface area contributed by atoms with E-state index in [2.05, 4.69) is 27.2 Å². The smallest absolute Gasteiger partial charge is 0.173 e. The molecule has 4 rings (SSSR count). The molecule has 0 aliphatic carbocycles. The molecule has 3 unspecified atom stereocenters. The molecule has 1 aromatic heterocycles. The molecule has 3 atom stereocenters. The zero-order chi connectivity index (χ0) is 21.8. The normalized spacial score (nSPS) is 20.4. The monoisotopic (exact) mass is 442 g/mol. The van der Waals surface area contributed by atoms with Crippen LogP contribution >= 0.6 is 11.6 Å². The van der Waals surface area contributed by atoms with Gasteiger partial charge in [-0.1, -0.05) is 11.6 Å². The number of piperidine rings is 1. The zero-order valence-corrected chi connectivity index (χ0v) is 18.7. The minimum Gasteiger partial charge on any atom is -0.497 e. The number of rotatable bonds is 7. The summed E-state index contributed by atoms with van der Waals surface area (Å²) in [5.41, 5.74) is 1.60. The largest absolute Gasteiger partial charge is 0.497 e. The van der Waals surface area contributed by atoms with Gasteiger partial charge in [0.15, 0.2) is 6.23 Å². The highest BCUT2D eigenvalue weighted by Gasteiger charge is 2.33. The number of likely N-dealkylation sites (tertiary alicyclic amines) is 1. The standard InChI is InChI=1S/C23H27ClN4O3/c1-28-9-8-15(10-22(28)30-3)23(27-21-11-17(29-2)6-7-19(21)24)31-18-5-4-16-13-25-14-26-20(16)12-18/h4-7,11-15,22-23,27H,8-10H2,1-3H3. The van der Waals surface area contributed by atoms with Gasteiger partial charge in [-0.15, -0.1) is 0 Å². The zero-order valence-electron chi connectivity index (χ0n) is 17.9. The van der Waals surface area contributed by atoms with Gasteiger partial charge in [-0.2, -0.15) is 0 Å². The van der Waals surface area contributed by atoms with Gasteiger partial charge in [0, 0.05) is 43.3 Å². The van der Waals surface area contributed by atoms with Crippen molar-refractivity contribution in [2.24, 2.45) is 5.92 Å². The molecular weight excluding hydrogens is 416 g/mol. The molecule has 2 aromatic carbocycles. The molecule has 1 saturated heterocycles. The van der Waals surface area contributed by atoms with Gasteiger partial charge < -0.3 is 19.5 Å². The molecule has 164 valence electrons. The molecule has 1 fully saturated rings. The summed E-state index contributed by atoms with van der Waals surface area (Å²) in [6.45, 7) is 0.918. The van der Waals surface area contributed by atoms with E-state index in [-0.39, 0.29) is 18.4 Å². The van der Waals surface area contributed by atoms with Crippen molar-refractivity contribution in [1.82, 2.24) is 14.9 Å². The lowest BCUT2D eigenvalue weighted by Crippen LogP contribution is -2.47. The Morgan fingerprint density at radius 1 is 1.16 bits per heavy atom. The van der Waals surface area contributed by atoms with Crippen molar-refractivity contribution in [3.05, 3.63) is 53.9 Å². The summed E-state index contributed by atoms with van der Waals surface area (Å²) in [5, 5.41) is 5.08. The van der Waals surface area contributed by atoms with Gasteiger partial charge in [-0.3, -0.25) is 4.90 Å². The lowest BCUT2D eigenvalue weighted by Gasteiger charge is -2.39. The van der Waals surface area contributed by atoms with Gasteiger partial charge in [0.05, 0.1) is 23.3 Å². The molecule has 2 heterocycles. The maximum Gasteiger partial charge on any atom is 0.173 e. The first-order valence-corrected chi connectivity index (χ1v) is 10.6. The van der Waals surface area contributed by atoms with Crippen LogP contribution in [0, 0.1) is 5.92 Å². The maximum atomic E-state index is 6.48. The van der Waals surface area contributed by atoms with Gasteiger partial charge in [0.2, 0.25) is 0 Å². The Balaban J connectivity index is 1.63. The van der Waals surface area contributed by atoms with Crippen LogP contribution < -0.4 is 14.8 Å². The number of benzene rings is 2. The summed E-state index contributed by atoms with van der Waals surface area (Å²) in [6, 6.07) is 11.4. The van der Waals surface area contributed by atoms with Crippen LogP contribution in [-0.4, -0.2) is 55.1 Å². The molecule has 1 N–H and O–H groups in total. The van der Waals surface area contributed by atoms with Gasteiger partial charge in [-0.05, 0) is 44.2 Å². The highest BCUT2D eigenvalue weighted by atomic mass is 35.5. The molecule has 0 radical (unpaired) electrons. The van der Waals surface area contributed by atoms with E-state index in [9.17, 15) is 0 Å². The van der Waals surface area contributed by atoms with Crippen LogP contribution in [0.1, 0.15) is 12.8 Å². The van der Waals surface area contributed by atoms with E-state index in [1.54, 1.807) is 20.4 Å². The Kier molecular flexibility index (Phi) is 6.75. The van der Waals surface area contributed by atoms with Crippen molar-refractivity contribution in [3.63, 3.8) is 0 Å². The molecule has 3 aromatic rings. The Morgan fingerprint density at radius 2 is 2.00 bits per heavy atom. The molecule has 0 amide bonds.